The van der Waals surface area contributed by atoms with Crippen LogP contribution in [0, 0.1) is 0 Å². The Balaban J connectivity index is 1.85. The number of likely N-dealkylation sites (tertiary alicyclic amines) is 1. The molecule has 2 aromatic rings. The van der Waals surface area contributed by atoms with Gasteiger partial charge in [-0.15, -0.1) is 0 Å². The molecule has 1 aliphatic heterocycles. The first-order chi connectivity index (χ1) is 10.6. The van der Waals surface area contributed by atoms with Crippen LogP contribution in [-0.4, -0.2) is 36.9 Å². The Morgan fingerprint density at radius 2 is 2.14 bits per heavy atom. The van der Waals surface area contributed by atoms with E-state index in [1.54, 1.807) is 25.5 Å². The highest BCUT2D eigenvalue weighted by atomic mass is 16.2. The molecule has 1 atom stereocenters. The molecule has 6 nitrogen and oxygen atoms in total. The average molecular weight is 297 g/mol. The lowest BCUT2D eigenvalue weighted by molar-refractivity contribution is -0.128. The first-order valence-electron chi connectivity index (χ1n) is 7.34. The van der Waals surface area contributed by atoms with Crippen LogP contribution >= 0.6 is 0 Å². The molecule has 114 valence electrons. The van der Waals surface area contributed by atoms with Crippen LogP contribution in [0.2, 0.25) is 0 Å². The van der Waals surface area contributed by atoms with E-state index < -0.39 is 0 Å². The summed E-state index contributed by atoms with van der Waals surface area (Å²) in [6.45, 7) is 6.24. The van der Waals surface area contributed by atoms with Gasteiger partial charge in [0.1, 0.15) is 5.69 Å². The lowest BCUT2D eigenvalue weighted by Crippen LogP contribution is -2.31. The SMILES string of the molecule is C=C(C)C(=O)N1CCCC1c1cnc(-c2nccn2C)cn1. The maximum atomic E-state index is 12.2. The molecule has 0 spiro atoms. The van der Waals surface area contributed by atoms with E-state index >= 15 is 0 Å². The standard InChI is InChI=1S/C16H19N5O/c1-11(2)16(22)21-7-4-5-14(21)12-9-19-13(10-18-12)15-17-6-8-20(15)3/h6,8-10,14H,1,4-5,7H2,2-3H3. The molecule has 0 saturated carbocycles. The third-order valence-electron chi connectivity index (χ3n) is 3.94. The number of aromatic nitrogens is 4. The van der Waals surface area contributed by atoms with Gasteiger partial charge in [0, 0.05) is 31.6 Å². The predicted octanol–water partition coefficient (Wildman–Crippen LogP) is 2.12. The van der Waals surface area contributed by atoms with Crippen LogP contribution < -0.4 is 0 Å². The van der Waals surface area contributed by atoms with E-state index in [1.807, 2.05) is 22.7 Å². The van der Waals surface area contributed by atoms with Crippen LogP contribution in [0.15, 0.2) is 36.9 Å². The van der Waals surface area contributed by atoms with Gasteiger partial charge in [0.05, 0.1) is 24.1 Å². The Bertz CT molecular complexity index is 704. The van der Waals surface area contributed by atoms with Crippen molar-refractivity contribution in [2.75, 3.05) is 6.54 Å². The second kappa shape index (κ2) is 5.71. The zero-order valence-corrected chi connectivity index (χ0v) is 12.9. The fourth-order valence-electron chi connectivity index (χ4n) is 2.80. The molecule has 0 radical (unpaired) electrons. The maximum Gasteiger partial charge on any atom is 0.249 e. The summed E-state index contributed by atoms with van der Waals surface area (Å²) < 4.78 is 1.90. The van der Waals surface area contributed by atoms with Gasteiger partial charge in [-0.1, -0.05) is 6.58 Å². The first-order valence-corrected chi connectivity index (χ1v) is 7.34. The van der Waals surface area contributed by atoms with Crippen LogP contribution in [0.4, 0.5) is 0 Å². The summed E-state index contributed by atoms with van der Waals surface area (Å²) >= 11 is 0. The van der Waals surface area contributed by atoms with Crippen LogP contribution in [0.25, 0.3) is 11.5 Å². The van der Waals surface area contributed by atoms with Gasteiger partial charge in [-0.3, -0.25) is 9.78 Å². The second-order valence-electron chi connectivity index (χ2n) is 5.63. The molecule has 0 aliphatic carbocycles. The molecule has 1 saturated heterocycles. The molecular weight excluding hydrogens is 278 g/mol. The van der Waals surface area contributed by atoms with E-state index in [4.69, 9.17) is 0 Å². The van der Waals surface area contributed by atoms with Gasteiger partial charge in [-0.2, -0.15) is 0 Å². The second-order valence-corrected chi connectivity index (χ2v) is 5.63. The van der Waals surface area contributed by atoms with Crippen molar-refractivity contribution in [3.8, 4) is 11.5 Å². The Labute approximate surface area is 129 Å². The number of rotatable bonds is 3. The Morgan fingerprint density at radius 1 is 1.32 bits per heavy atom. The monoisotopic (exact) mass is 297 g/mol. The highest BCUT2D eigenvalue weighted by molar-refractivity contribution is 5.92. The zero-order chi connectivity index (χ0) is 15.7. The van der Waals surface area contributed by atoms with Crippen LogP contribution in [0.3, 0.4) is 0 Å². The predicted molar refractivity (Wildman–Crippen MR) is 82.7 cm³/mol. The quantitative estimate of drug-likeness (QED) is 0.814. The van der Waals surface area contributed by atoms with Crippen molar-refractivity contribution in [1.82, 2.24) is 24.4 Å². The van der Waals surface area contributed by atoms with Gasteiger partial charge in [-0.05, 0) is 19.8 Å². The van der Waals surface area contributed by atoms with Gasteiger partial charge in [0.15, 0.2) is 5.82 Å². The summed E-state index contributed by atoms with van der Waals surface area (Å²) in [5, 5.41) is 0. The van der Waals surface area contributed by atoms with Crippen molar-refractivity contribution in [3.05, 3.63) is 42.6 Å². The molecule has 3 heterocycles. The van der Waals surface area contributed by atoms with Crippen LogP contribution in [0.1, 0.15) is 31.5 Å². The van der Waals surface area contributed by atoms with Crippen molar-refractivity contribution in [3.63, 3.8) is 0 Å². The number of nitrogens with zero attached hydrogens (tertiary/aromatic N) is 5. The van der Waals surface area contributed by atoms with Crippen molar-refractivity contribution in [1.29, 1.82) is 0 Å². The molecule has 1 fully saturated rings. The number of hydrogen-bond acceptors (Lipinski definition) is 4. The van der Waals surface area contributed by atoms with Gasteiger partial charge < -0.3 is 9.47 Å². The van der Waals surface area contributed by atoms with Crippen molar-refractivity contribution >= 4 is 5.91 Å². The van der Waals surface area contributed by atoms with Crippen LogP contribution in [-0.2, 0) is 11.8 Å². The summed E-state index contributed by atoms with van der Waals surface area (Å²) in [6, 6.07) is -0.00729. The highest BCUT2D eigenvalue weighted by Gasteiger charge is 2.31. The van der Waals surface area contributed by atoms with Gasteiger partial charge in [-0.25, -0.2) is 9.97 Å². The lowest BCUT2D eigenvalue weighted by atomic mass is 10.1. The van der Waals surface area contributed by atoms with Gasteiger partial charge in [0.2, 0.25) is 5.91 Å². The number of hydrogen-bond donors (Lipinski definition) is 0. The third kappa shape index (κ3) is 2.52. The van der Waals surface area contributed by atoms with Gasteiger partial charge >= 0.3 is 0 Å². The molecule has 3 rings (SSSR count). The molecule has 1 aliphatic rings. The van der Waals surface area contributed by atoms with E-state index in [0.717, 1.165) is 36.6 Å². The molecule has 0 bridgehead atoms. The van der Waals surface area contributed by atoms with Crippen molar-refractivity contribution in [2.45, 2.75) is 25.8 Å². The van der Waals surface area contributed by atoms with Gasteiger partial charge in [0.25, 0.3) is 0 Å². The maximum absolute atomic E-state index is 12.2. The number of carbonyl (C=O) groups is 1. The fraction of sp³-hybridized carbons (Fsp3) is 0.375. The van der Waals surface area contributed by atoms with E-state index in [9.17, 15) is 4.79 Å². The molecule has 2 aromatic heterocycles. The minimum absolute atomic E-state index is 0.00234. The molecule has 22 heavy (non-hydrogen) atoms. The summed E-state index contributed by atoms with van der Waals surface area (Å²) in [6.07, 6.45) is 8.96. The lowest BCUT2D eigenvalue weighted by Gasteiger charge is -2.24. The smallest absolute Gasteiger partial charge is 0.249 e. The van der Waals surface area contributed by atoms with Crippen molar-refractivity contribution < 1.29 is 4.79 Å². The summed E-state index contributed by atoms with van der Waals surface area (Å²) in [5.41, 5.74) is 2.11. The van der Waals surface area contributed by atoms with Crippen molar-refractivity contribution in [2.24, 2.45) is 7.05 Å². The average Bonchev–Trinajstić information content (AvgIpc) is 3.15. The Kier molecular flexibility index (Phi) is 3.75. The fourth-order valence-corrected chi connectivity index (χ4v) is 2.80. The highest BCUT2D eigenvalue weighted by Crippen LogP contribution is 2.31. The molecule has 6 heteroatoms. The molecular formula is C16H19N5O. The minimum atomic E-state index is -0.00729. The van der Waals surface area contributed by atoms with E-state index in [1.165, 1.54) is 0 Å². The first kappa shape index (κ1) is 14.4. The number of amides is 1. The van der Waals surface area contributed by atoms with E-state index in [0.29, 0.717) is 5.57 Å². The molecule has 1 unspecified atom stereocenters. The van der Waals surface area contributed by atoms with E-state index in [2.05, 4.69) is 21.5 Å². The Morgan fingerprint density at radius 3 is 2.73 bits per heavy atom. The minimum Gasteiger partial charge on any atom is -0.333 e. The summed E-state index contributed by atoms with van der Waals surface area (Å²) in [5.74, 6) is 0.776. The molecule has 1 amide bonds. The normalized spacial score (nSPS) is 17.7. The summed E-state index contributed by atoms with van der Waals surface area (Å²) in [7, 11) is 1.92. The number of imidazole rings is 1. The molecule has 0 N–H and O–H groups in total. The Hall–Kier alpha value is -2.50. The largest absolute Gasteiger partial charge is 0.333 e. The summed E-state index contributed by atoms with van der Waals surface area (Å²) in [4.78, 5) is 27.3. The number of carbonyl (C=O) groups excluding carboxylic acids is 1. The van der Waals surface area contributed by atoms with Crippen LogP contribution in [0.5, 0.6) is 0 Å². The number of aryl methyl sites for hydroxylation is 1. The molecule has 0 aromatic carbocycles. The topological polar surface area (TPSA) is 63.9 Å². The van der Waals surface area contributed by atoms with E-state index in [-0.39, 0.29) is 11.9 Å². The zero-order valence-electron chi connectivity index (χ0n) is 12.9. The third-order valence-corrected chi connectivity index (χ3v) is 3.94.